The predicted octanol–water partition coefficient (Wildman–Crippen LogP) is 3.94. The van der Waals surface area contributed by atoms with Gasteiger partial charge in [-0.15, -0.1) is 0 Å². The summed E-state index contributed by atoms with van der Waals surface area (Å²) in [6.07, 6.45) is 0. The van der Waals surface area contributed by atoms with E-state index in [4.69, 9.17) is 0 Å². The van der Waals surface area contributed by atoms with Crippen molar-refractivity contribution in [3.05, 3.63) is 127 Å². The molecular weight excluding hydrogens is 375 g/mol. The average Bonchev–Trinajstić information content (AvgIpc) is 2.75. The van der Waals surface area contributed by atoms with Gasteiger partial charge >= 0.3 is 159 Å². The molecule has 0 aromatic heterocycles. The van der Waals surface area contributed by atoms with Crippen LogP contribution in [-0.4, -0.2) is 13.6 Å². The van der Waals surface area contributed by atoms with Crippen molar-refractivity contribution >= 4 is 26.6 Å². The summed E-state index contributed by atoms with van der Waals surface area (Å²) in [6, 6.07) is 44.4. The fourth-order valence-corrected chi connectivity index (χ4v) is 12.5. The maximum atomic E-state index is 2.33. The third-order valence-corrected chi connectivity index (χ3v) is 14.0. The molecule has 0 N–H and O–H groups in total. The van der Waals surface area contributed by atoms with Crippen LogP contribution in [0.1, 0.15) is 5.56 Å². The normalized spacial score (nSPS) is 11.2. The standard InChI is InChI=1S/C25H22As/c1-5-13-22(14-6-1)21-26(23-15-7-2-8-16-23,24-17-9-3-10-18-24)25-19-11-4-12-20-25/h1-20H,21H2. The summed E-state index contributed by atoms with van der Waals surface area (Å²) in [6.45, 7) is 0. The van der Waals surface area contributed by atoms with Gasteiger partial charge in [-0.3, -0.25) is 0 Å². The molecular formula is C25H22As. The zero-order chi connectivity index (χ0) is 17.7. The van der Waals surface area contributed by atoms with Crippen molar-refractivity contribution in [2.45, 2.75) is 5.21 Å². The van der Waals surface area contributed by atoms with Crippen LogP contribution in [0, 0.1) is 0 Å². The Labute approximate surface area is 158 Å². The molecule has 0 bridgehead atoms. The van der Waals surface area contributed by atoms with Crippen LogP contribution in [0.15, 0.2) is 121 Å². The summed E-state index contributed by atoms with van der Waals surface area (Å²) in [5.74, 6) is 0. The zero-order valence-electron chi connectivity index (χ0n) is 14.7. The van der Waals surface area contributed by atoms with E-state index in [0.29, 0.717) is 0 Å². The molecule has 0 atom stereocenters. The zero-order valence-corrected chi connectivity index (χ0v) is 16.6. The van der Waals surface area contributed by atoms with E-state index in [1.54, 1.807) is 0 Å². The first-order chi connectivity index (χ1) is 12.9. The molecule has 0 aliphatic carbocycles. The van der Waals surface area contributed by atoms with Gasteiger partial charge in [0.25, 0.3) is 0 Å². The fourth-order valence-electron chi connectivity index (χ4n) is 3.63. The van der Waals surface area contributed by atoms with Gasteiger partial charge in [0.05, 0.1) is 0 Å². The Balaban J connectivity index is 2.00. The molecule has 4 aromatic carbocycles. The van der Waals surface area contributed by atoms with Crippen molar-refractivity contribution in [1.82, 2.24) is 0 Å². The summed E-state index contributed by atoms with van der Waals surface area (Å²) >= 11 is -2.63. The van der Waals surface area contributed by atoms with E-state index < -0.39 is 13.6 Å². The summed E-state index contributed by atoms with van der Waals surface area (Å²) in [7, 11) is 0. The van der Waals surface area contributed by atoms with Gasteiger partial charge in [-0.25, -0.2) is 0 Å². The van der Waals surface area contributed by atoms with Gasteiger partial charge in [-0.05, 0) is 0 Å². The minimum atomic E-state index is -2.63. The molecule has 1 heteroatoms. The van der Waals surface area contributed by atoms with E-state index >= 15 is 0 Å². The van der Waals surface area contributed by atoms with Gasteiger partial charge in [0.15, 0.2) is 0 Å². The Kier molecular flexibility index (Phi) is 5.04. The SMILES string of the molecule is c1ccc(C[As](c2ccccc2)(c2ccccc2)c2ccccc2)cc1. The van der Waals surface area contributed by atoms with Gasteiger partial charge < -0.3 is 0 Å². The molecule has 1 radical (unpaired) electrons. The van der Waals surface area contributed by atoms with Crippen LogP contribution in [0.3, 0.4) is 0 Å². The summed E-state index contributed by atoms with van der Waals surface area (Å²) in [5.41, 5.74) is 1.41. The Morgan fingerprint density at radius 2 is 0.692 bits per heavy atom. The molecule has 0 amide bonds. The first-order valence-corrected chi connectivity index (χ1v) is 13.1. The van der Waals surface area contributed by atoms with Crippen LogP contribution in [-0.2, 0) is 5.21 Å². The summed E-state index contributed by atoms with van der Waals surface area (Å²) in [5, 5.41) is 1.09. The van der Waals surface area contributed by atoms with Gasteiger partial charge in [-0.1, -0.05) is 0 Å². The van der Waals surface area contributed by atoms with Crippen molar-refractivity contribution in [1.29, 1.82) is 0 Å². The van der Waals surface area contributed by atoms with Crippen molar-refractivity contribution in [3.8, 4) is 0 Å². The average molecular weight is 397 g/mol. The number of hydrogen-bond donors (Lipinski definition) is 0. The molecule has 0 fully saturated rings. The number of rotatable bonds is 5. The van der Waals surface area contributed by atoms with Crippen LogP contribution in [0.4, 0.5) is 0 Å². The van der Waals surface area contributed by atoms with Gasteiger partial charge in [-0.2, -0.15) is 0 Å². The van der Waals surface area contributed by atoms with Crippen LogP contribution >= 0.6 is 0 Å². The maximum absolute atomic E-state index is 2.63. The van der Waals surface area contributed by atoms with Crippen LogP contribution < -0.4 is 13.1 Å². The molecule has 0 unspecified atom stereocenters. The molecule has 4 rings (SSSR count). The number of benzene rings is 4. The van der Waals surface area contributed by atoms with Crippen molar-refractivity contribution in [3.63, 3.8) is 0 Å². The Hall–Kier alpha value is -2.56. The molecule has 127 valence electrons. The molecule has 0 nitrogen and oxygen atoms in total. The second-order valence-electron chi connectivity index (χ2n) is 6.46. The molecule has 0 aliphatic rings. The van der Waals surface area contributed by atoms with Crippen molar-refractivity contribution < 1.29 is 0 Å². The molecule has 0 spiro atoms. The van der Waals surface area contributed by atoms with E-state index in [1.807, 2.05) is 0 Å². The number of hydrogen-bond acceptors (Lipinski definition) is 0. The Bertz CT molecular complexity index is 836. The molecule has 4 aromatic rings. The van der Waals surface area contributed by atoms with E-state index in [2.05, 4.69) is 121 Å². The Morgan fingerprint density at radius 3 is 1.04 bits per heavy atom. The third-order valence-electron chi connectivity index (χ3n) is 4.85. The topological polar surface area (TPSA) is 0 Å². The second kappa shape index (κ2) is 7.77. The molecule has 0 heterocycles. The fraction of sp³-hybridized carbons (Fsp3) is 0.0400. The van der Waals surface area contributed by atoms with E-state index in [0.717, 1.165) is 5.21 Å². The molecule has 0 aliphatic heterocycles. The summed E-state index contributed by atoms with van der Waals surface area (Å²) in [4.78, 5) is 0. The first-order valence-electron chi connectivity index (χ1n) is 8.98. The second-order valence-corrected chi connectivity index (χ2v) is 13.8. The minimum absolute atomic E-state index is 1.09. The molecule has 26 heavy (non-hydrogen) atoms. The van der Waals surface area contributed by atoms with E-state index in [1.165, 1.54) is 18.6 Å². The van der Waals surface area contributed by atoms with Crippen LogP contribution in [0.5, 0.6) is 0 Å². The van der Waals surface area contributed by atoms with Crippen LogP contribution in [0.2, 0.25) is 0 Å². The third kappa shape index (κ3) is 3.26. The summed E-state index contributed by atoms with van der Waals surface area (Å²) < 4.78 is 4.48. The Morgan fingerprint density at radius 1 is 0.385 bits per heavy atom. The molecule has 0 saturated heterocycles. The first kappa shape index (κ1) is 16.9. The van der Waals surface area contributed by atoms with E-state index in [-0.39, 0.29) is 0 Å². The van der Waals surface area contributed by atoms with Gasteiger partial charge in [0.1, 0.15) is 0 Å². The van der Waals surface area contributed by atoms with Crippen molar-refractivity contribution in [2.75, 3.05) is 0 Å². The molecule has 0 saturated carbocycles. The monoisotopic (exact) mass is 397 g/mol. The van der Waals surface area contributed by atoms with Crippen molar-refractivity contribution in [2.24, 2.45) is 0 Å². The quantitative estimate of drug-likeness (QED) is 0.448. The van der Waals surface area contributed by atoms with Crippen LogP contribution in [0.25, 0.3) is 0 Å². The van der Waals surface area contributed by atoms with Gasteiger partial charge in [0, 0.05) is 0 Å². The predicted molar refractivity (Wildman–Crippen MR) is 114 cm³/mol. The van der Waals surface area contributed by atoms with Gasteiger partial charge in [0.2, 0.25) is 0 Å². The van der Waals surface area contributed by atoms with E-state index in [9.17, 15) is 0 Å².